The molecule has 7 heteroatoms. The second-order valence-corrected chi connectivity index (χ2v) is 6.78. The highest BCUT2D eigenvalue weighted by molar-refractivity contribution is 7.10. The molecule has 2 aromatic heterocycles. The van der Waals surface area contributed by atoms with E-state index in [1.54, 1.807) is 18.4 Å². The number of aromatic nitrogens is 2. The van der Waals surface area contributed by atoms with E-state index in [9.17, 15) is 4.79 Å². The molecule has 0 saturated carbocycles. The molecule has 0 radical (unpaired) electrons. The summed E-state index contributed by atoms with van der Waals surface area (Å²) < 4.78 is 9.50. The lowest BCUT2D eigenvalue weighted by molar-refractivity contribution is 0.102. The fourth-order valence-corrected chi connectivity index (χ4v) is 3.51. The van der Waals surface area contributed by atoms with Crippen LogP contribution in [0.2, 0.25) is 0 Å². The molecular formula is C16H15N3O2S2. The average Bonchev–Trinajstić information content (AvgIpc) is 3.15. The predicted molar refractivity (Wildman–Crippen MR) is 93.6 cm³/mol. The molecule has 0 saturated heterocycles. The Bertz CT molecular complexity index is 855. The van der Waals surface area contributed by atoms with Crippen LogP contribution < -0.4 is 10.1 Å². The summed E-state index contributed by atoms with van der Waals surface area (Å²) in [6, 6.07) is 7.51. The first-order valence-corrected chi connectivity index (χ1v) is 8.58. The Morgan fingerprint density at radius 1 is 1.30 bits per heavy atom. The standard InChI is InChI=1S/C16H15N3O2S2/c1-9-10(2)22-8-13(9)15(20)18-16-17-14(19-23-16)11-5-4-6-12(7-11)21-3/h4-8H,1-3H3,(H,17,18,19,20). The molecule has 3 rings (SSSR count). The van der Waals surface area contributed by atoms with Crippen LogP contribution in [0.4, 0.5) is 5.13 Å². The van der Waals surface area contributed by atoms with E-state index in [1.807, 2.05) is 43.5 Å². The van der Waals surface area contributed by atoms with Gasteiger partial charge in [-0.3, -0.25) is 10.1 Å². The fourth-order valence-electron chi connectivity index (χ4n) is 2.06. The van der Waals surface area contributed by atoms with Crippen LogP contribution in [-0.2, 0) is 0 Å². The lowest BCUT2D eigenvalue weighted by Gasteiger charge is -2.01. The van der Waals surface area contributed by atoms with Crippen molar-refractivity contribution in [2.75, 3.05) is 12.4 Å². The number of nitrogens with zero attached hydrogens (tertiary/aromatic N) is 2. The number of carbonyl (C=O) groups excluding carboxylic acids is 1. The molecule has 1 amide bonds. The summed E-state index contributed by atoms with van der Waals surface area (Å²) in [5.74, 6) is 1.16. The predicted octanol–water partition coefficient (Wildman–Crippen LogP) is 4.14. The Hall–Kier alpha value is -2.25. The minimum absolute atomic E-state index is 0.153. The Morgan fingerprint density at radius 2 is 2.13 bits per heavy atom. The van der Waals surface area contributed by atoms with Crippen LogP contribution in [0.5, 0.6) is 5.75 Å². The number of anilines is 1. The SMILES string of the molecule is COc1cccc(-c2nsc(NC(=O)c3csc(C)c3C)n2)c1. The number of rotatable bonds is 4. The molecule has 0 fully saturated rings. The maximum absolute atomic E-state index is 12.3. The van der Waals surface area contributed by atoms with Gasteiger partial charge in [-0.05, 0) is 31.5 Å². The van der Waals surface area contributed by atoms with Crippen molar-refractivity contribution >= 4 is 33.9 Å². The van der Waals surface area contributed by atoms with Crippen molar-refractivity contribution in [1.82, 2.24) is 9.36 Å². The quantitative estimate of drug-likeness (QED) is 0.772. The number of benzene rings is 1. The largest absolute Gasteiger partial charge is 0.497 e. The van der Waals surface area contributed by atoms with Gasteiger partial charge in [0.1, 0.15) is 5.75 Å². The van der Waals surface area contributed by atoms with E-state index < -0.39 is 0 Å². The molecular weight excluding hydrogens is 330 g/mol. The van der Waals surface area contributed by atoms with Gasteiger partial charge in [0, 0.05) is 27.4 Å². The minimum Gasteiger partial charge on any atom is -0.497 e. The smallest absolute Gasteiger partial charge is 0.258 e. The average molecular weight is 345 g/mol. The van der Waals surface area contributed by atoms with Crippen molar-refractivity contribution in [2.24, 2.45) is 0 Å². The first-order chi connectivity index (χ1) is 11.1. The first kappa shape index (κ1) is 15.6. The summed E-state index contributed by atoms with van der Waals surface area (Å²) in [6.45, 7) is 3.95. The Kier molecular flexibility index (Phi) is 4.40. The number of aryl methyl sites for hydroxylation is 1. The molecule has 23 heavy (non-hydrogen) atoms. The van der Waals surface area contributed by atoms with Crippen LogP contribution in [-0.4, -0.2) is 22.4 Å². The number of carbonyl (C=O) groups is 1. The number of nitrogens with one attached hydrogen (secondary N) is 1. The molecule has 0 bridgehead atoms. The number of ether oxygens (including phenoxy) is 1. The summed E-state index contributed by atoms with van der Waals surface area (Å²) in [5, 5.41) is 5.16. The lowest BCUT2D eigenvalue weighted by atomic mass is 10.2. The lowest BCUT2D eigenvalue weighted by Crippen LogP contribution is -2.12. The fraction of sp³-hybridized carbons (Fsp3) is 0.188. The van der Waals surface area contributed by atoms with Crippen LogP contribution in [0, 0.1) is 13.8 Å². The zero-order valence-electron chi connectivity index (χ0n) is 12.9. The van der Waals surface area contributed by atoms with Crippen molar-refractivity contribution in [3.8, 4) is 17.1 Å². The zero-order valence-corrected chi connectivity index (χ0v) is 14.5. The van der Waals surface area contributed by atoms with Gasteiger partial charge in [-0.1, -0.05) is 12.1 Å². The molecule has 0 unspecified atom stereocenters. The third-order valence-corrected chi connectivity index (χ3v) is 5.15. The number of hydrogen-bond donors (Lipinski definition) is 1. The van der Waals surface area contributed by atoms with E-state index in [0.717, 1.165) is 33.3 Å². The van der Waals surface area contributed by atoms with Gasteiger partial charge in [0.15, 0.2) is 5.82 Å². The van der Waals surface area contributed by atoms with E-state index in [1.165, 1.54) is 0 Å². The number of amides is 1. The molecule has 1 N–H and O–H groups in total. The van der Waals surface area contributed by atoms with Crippen molar-refractivity contribution in [3.05, 3.63) is 45.6 Å². The highest BCUT2D eigenvalue weighted by atomic mass is 32.1. The van der Waals surface area contributed by atoms with Crippen molar-refractivity contribution < 1.29 is 9.53 Å². The Balaban J connectivity index is 1.79. The van der Waals surface area contributed by atoms with Crippen molar-refractivity contribution in [3.63, 3.8) is 0 Å². The maximum atomic E-state index is 12.3. The van der Waals surface area contributed by atoms with Gasteiger partial charge in [0.2, 0.25) is 5.13 Å². The number of hydrogen-bond acceptors (Lipinski definition) is 6. The summed E-state index contributed by atoms with van der Waals surface area (Å²) in [7, 11) is 1.62. The summed E-state index contributed by atoms with van der Waals surface area (Å²) in [4.78, 5) is 17.8. The maximum Gasteiger partial charge on any atom is 0.258 e. The van der Waals surface area contributed by atoms with Gasteiger partial charge in [-0.2, -0.15) is 9.36 Å². The van der Waals surface area contributed by atoms with E-state index in [0.29, 0.717) is 16.5 Å². The van der Waals surface area contributed by atoms with Gasteiger partial charge in [-0.15, -0.1) is 11.3 Å². The van der Waals surface area contributed by atoms with E-state index >= 15 is 0 Å². The topological polar surface area (TPSA) is 64.1 Å². The molecule has 0 spiro atoms. The second-order valence-electron chi connectivity index (χ2n) is 4.94. The van der Waals surface area contributed by atoms with Crippen LogP contribution in [0.3, 0.4) is 0 Å². The van der Waals surface area contributed by atoms with Gasteiger partial charge in [0.25, 0.3) is 5.91 Å². The van der Waals surface area contributed by atoms with Crippen LogP contribution in [0.15, 0.2) is 29.6 Å². The third-order valence-electron chi connectivity index (χ3n) is 3.50. The molecule has 0 aliphatic heterocycles. The highest BCUT2D eigenvalue weighted by Crippen LogP contribution is 2.26. The van der Waals surface area contributed by atoms with Gasteiger partial charge < -0.3 is 4.74 Å². The first-order valence-electron chi connectivity index (χ1n) is 6.92. The molecule has 2 heterocycles. The van der Waals surface area contributed by atoms with E-state index in [4.69, 9.17) is 4.74 Å². The summed E-state index contributed by atoms with van der Waals surface area (Å²) >= 11 is 2.73. The normalized spacial score (nSPS) is 10.6. The molecule has 5 nitrogen and oxygen atoms in total. The van der Waals surface area contributed by atoms with Gasteiger partial charge in [-0.25, -0.2) is 0 Å². The van der Waals surface area contributed by atoms with Gasteiger partial charge >= 0.3 is 0 Å². The summed E-state index contributed by atoms with van der Waals surface area (Å²) in [5.41, 5.74) is 2.54. The molecule has 118 valence electrons. The monoisotopic (exact) mass is 345 g/mol. The number of methoxy groups -OCH3 is 1. The Labute approximate surface area is 142 Å². The second kappa shape index (κ2) is 6.47. The van der Waals surface area contributed by atoms with Crippen LogP contribution >= 0.6 is 22.9 Å². The molecule has 3 aromatic rings. The third kappa shape index (κ3) is 3.25. The molecule has 0 atom stereocenters. The van der Waals surface area contributed by atoms with Crippen molar-refractivity contribution in [1.29, 1.82) is 0 Å². The van der Waals surface area contributed by atoms with Gasteiger partial charge in [0.05, 0.1) is 12.7 Å². The zero-order chi connectivity index (χ0) is 16.4. The van der Waals surface area contributed by atoms with Crippen molar-refractivity contribution in [2.45, 2.75) is 13.8 Å². The minimum atomic E-state index is -0.153. The van der Waals surface area contributed by atoms with Crippen LogP contribution in [0.1, 0.15) is 20.8 Å². The summed E-state index contributed by atoms with van der Waals surface area (Å²) in [6.07, 6.45) is 0. The van der Waals surface area contributed by atoms with E-state index in [2.05, 4.69) is 14.7 Å². The molecule has 0 aliphatic carbocycles. The number of thiophene rings is 1. The van der Waals surface area contributed by atoms with E-state index in [-0.39, 0.29) is 5.91 Å². The van der Waals surface area contributed by atoms with Crippen LogP contribution in [0.25, 0.3) is 11.4 Å². The Morgan fingerprint density at radius 3 is 2.83 bits per heavy atom. The molecule has 1 aromatic carbocycles. The molecule has 0 aliphatic rings. The highest BCUT2D eigenvalue weighted by Gasteiger charge is 2.15.